The van der Waals surface area contributed by atoms with Crippen molar-refractivity contribution in [2.24, 2.45) is 0 Å². The van der Waals surface area contributed by atoms with Gasteiger partial charge in [-0.05, 0) is 53.6 Å². The normalized spacial score (nSPS) is 11.2. The molecular weight excluding hydrogens is 391 g/mol. The first kappa shape index (κ1) is 19.1. The molecular formula is C24H17BN2O4. The second-order valence-electron chi connectivity index (χ2n) is 7.32. The van der Waals surface area contributed by atoms with Crippen molar-refractivity contribution >= 4 is 40.1 Å². The number of nitro groups is 1. The Kier molecular flexibility index (Phi) is 4.54. The van der Waals surface area contributed by atoms with Crippen LogP contribution >= 0.6 is 0 Å². The highest BCUT2D eigenvalue weighted by atomic mass is 16.6. The summed E-state index contributed by atoms with van der Waals surface area (Å²) in [5.41, 5.74) is 4.24. The average molecular weight is 408 g/mol. The molecule has 0 saturated heterocycles. The number of aromatic nitrogens is 1. The zero-order valence-electron chi connectivity index (χ0n) is 16.3. The van der Waals surface area contributed by atoms with Gasteiger partial charge in [0.05, 0.1) is 21.4 Å². The quantitative estimate of drug-likeness (QED) is 0.267. The molecule has 5 aromatic rings. The molecule has 0 bridgehead atoms. The fourth-order valence-electron chi connectivity index (χ4n) is 4.11. The van der Waals surface area contributed by atoms with Crippen LogP contribution in [0.2, 0.25) is 0 Å². The second kappa shape index (κ2) is 7.39. The summed E-state index contributed by atoms with van der Waals surface area (Å²) >= 11 is 0. The molecule has 0 unspecified atom stereocenters. The van der Waals surface area contributed by atoms with Crippen LogP contribution in [-0.4, -0.2) is 26.7 Å². The summed E-state index contributed by atoms with van der Waals surface area (Å²) in [5.74, 6) is 0. The van der Waals surface area contributed by atoms with Crippen LogP contribution in [0.5, 0.6) is 0 Å². The van der Waals surface area contributed by atoms with E-state index in [4.69, 9.17) is 0 Å². The van der Waals surface area contributed by atoms with E-state index in [9.17, 15) is 20.2 Å². The molecule has 150 valence electrons. The molecule has 1 heterocycles. The third-order valence-electron chi connectivity index (χ3n) is 5.52. The maximum atomic E-state index is 11.2. The fourth-order valence-corrected chi connectivity index (χ4v) is 4.11. The zero-order valence-corrected chi connectivity index (χ0v) is 16.3. The Morgan fingerprint density at radius 3 is 2.13 bits per heavy atom. The lowest BCUT2D eigenvalue weighted by Crippen LogP contribution is -2.32. The predicted octanol–water partition coefficient (Wildman–Crippen LogP) is 4.04. The molecule has 5 rings (SSSR count). The standard InChI is InChI=1S/C24H17BN2O4/c28-25(29)21-15-17(11-13-24(21)27(30)31)16-10-12-23-20(14-16)19-8-4-5-9-22(19)26(23)18-6-2-1-3-7-18/h1-15,28-29H. The number of para-hydroxylation sites is 2. The van der Waals surface area contributed by atoms with Crippen LogP contribution in [0, 0.1) is 10.1 Å². The summed E-state index contributed by atoms with van der Waals surface area (Å²) in [4.78, 5) is 10.6. The molecule has 0 amide bonds. The number of hydrogen-bond acceptors (Lipinski definition) is 4. The van der Waals surface area contributed by atoms with Crippen molar-refractivity contribution in [2.45, 2.75) is 0 Å². The Morgan fingerprint density at radius 1 is 0.742 bits per heavy atom. The molecule has 31 heavy (non-hydrogen) atoms. The van der Waals surface area contributed by atoms with E-state index in [-0.39, 0.29) is 11.2 Å². The van der Waals surface area contributed by atoms with Gasteiger partial charge in [0.1, 0.15) is 0 Å². The lowest BCUT2D eigenvalue weighted by Gasteiger charge is -2.09. The maximum absolute atomic E-state index is 11.2. The third-order valence-corrected chi connectivity index (χ3v) is 5.52. The molecule has 4 aromatic carbocycles. The summed E-state index contributed by atoms with van der Waals surface area (Å²) in [6.07, 6.45) is 0. The van der Waals surface area contributed by atoms with E-state index < -0.39 is 12.0 Å². The zero-order chi connectivity index (χ0) is 21.5. The van der Waals surface area contributed by atoms with Gasteiger partial charge in [0.15, 0.2) is 0 Å². The molecule has 2 N–H and O–H groups in total. The van der Waals surface area contributed by atoms with Crippen LogP contribution in [0.25, 0.3) is 38.6 Å². The first-order chi connectivity index (χ1) is 15.0. The first-order valence-corrected chi connectivity index (χ1v) is 9.78. The average Bonchev–Trinajstić information content (AvgIpc) is 3.13. The number of benzene rings is 4. The van der Waals surface area contributed by atoms with Crippen LogP contribution in [0.1, 0.15) is 0 Å². The number of nitrogens with zero attached hydrogens (tertiary/aromatic N) is 2. The summed E-state index contributed by atoms with van der Waals surface area (Å²) in [7, 11) is -1.93. The van der Waals surface area contributed by atoms with Crippen molar-refractivity contribution in [1.82, 2.24) is 4.57 Å². The van der Waals surface area contributed by atoms with Crippen LogP contribution < -0.4 is 5.46 Å². The lowest BCUT2D eigenvalue weighted by molar-refractivity contribution is -0.383. The summed E-state index contributed by atoms with van der Waals surface area (Å²) < 4.78 is 2.20. The van der Waals surface area contributed by atoms with E-state index in [0.717, 1.165) is 33.1 Å². The van der Waals surface area contributed by atoms with Crippen molar-refractivity contribution in [3.63, 3.8) is 0 Å². The molecule has 7 heteroatoms. The van der Waals surface area contributed by atoms with Gasteiger partial charge in [-0.1, -0.05) is 42.5 Å². The highest BCUT2D eigenvalue weighted by Crippen LogP contribution is 2.34. The topological polar surface area (TPSA) is 88.5 Å². The number of hydrogen-bond donors (Lipinski definition) is 2. The Labute approximate surface area is 177 Å². The van der Waals surface area contributed by atoms with E-state index >= 15 is 0 Å². The largest absolute Gasteiger partial charge is 0.495 e. The Hall–Kier alpha value is -3.94. The Bertz CT molecular complexity index is 1440. The molecule has 0 saturated carbocycles. The lowest BCUT2D eigenvalue weighted by atomic mass is 9.77. The minimum atomic E-state index is -1.93. The van der Waals surface area contributed by atoms with Crippen LogP contribution in [0.4, 0.5) is 5.69 Å². The molecule has 0 aliphatic heterocycles. The van der Waals surface area contributed by atoms with Crippen molar-refractivity contribution in [2.75, 3.05) is 0 Å². The van der Waals surface area contributed by atoms with Gasteiger partial charge >= 0.3 is 7.12 Å². The predicted molar refractivity (Wildman–Crippen MR) is 123 cm³/mol. The number of fused-ring (bicyclic) bond motifs is 3. The third kappa shape index (κ3) is 3.16. The monoisotopic (exact) mass is 408 g/mol. The van der Waals surface area contributed by atoms with E-state index in [0.29, 0.717) is 5.56 Å². The van der Waals surface area contributed by atoms with E-state index in [1.807, 2.05) is 48.5 Å². The van der Waals surface area contributed by atoms with Gasteiger partial charge in [0, 0.05) is 22.5 Å². The summed E-state index contributed by atoms with van der Waals surface area (Å²) in [6, 6.07) is 28.6. The van der Waals surface area contributed by atoms with Gasteiger partial charge in [-0.3, -0.25) is 10.1 Å². The smallest absolute Gasteiger partial charge is 0.423 e. The number of nitro benzene ring substituents is 1. The highest BCUT2D eigenvalue weighted by molar-refractivity contribution is 6.60. The van der Waals surface area contributed by atoms with Crippen LogP contribution in [0.3, 0.4) is 0 Å². The highest BCUT2D eigenvalue weighted by Gasteiger charge is 2.24. The van der Waals surface area contributed by atoms with Crippen molar-refractivity contribution in [3.05, 3.63) is 101 Å². The molecule has 0 fully saturated rings. The van der Waals surface area contributed by atoms with Gasteiger partial charge in [0.2, 0.25) is 0 Å². The van der Waals surface area contributed by atoms with Crippen LogP contribution in [0.15, 0.2) is 91.0 Å². The maximum Gasteiger partial charge on any atom is 0.495 e. The van der Waals surface area contributed by atoms with Gasteiger partial charge in [-0.2, -0.15) is 0 Å². The van der Waals surface area contributed by atoms with Gasteiger partial charge in [0.25, 0.3) is 5.69 Å². The van der Waals surface area contributed by atoms with E-state index in [1.165, 1.54) is 12.1 Å². The second-order valence-corrected chi connectivity index (χ2v) is 7.32. The minimum absolute atomic E-state index is 0.130. The van der Waals surface area contributed by atoms with Crippen molar-refractivity contribution in [1.29, 1.82) is 0 Å². The Morgan fingerprint density at radius 2 is 1.39 bits per heavy atom. The SMILES string of the molecule is O=[N+]([O-])c1ccc(-c2ccc3c(c2)c2ccccc2n3-c2ccccc2)cc1B(O)O. The first-order valence-electron chi connectivity index (χ1n) is 9.78. The molecule has 0 atom stereocenters. The molecule has 0 aliphatic rings. The van der Waals surface area contributed by atoms with Gasteiger partial charge in [-0.15, -0.1) is 0 Å². The van der Waals surface area contributed by atoms with E-state index in [1.54, 1.807) is 6.07 Å². The van der Waals surface area contributed by atoms with Gasteiger partial charge in [-0.25, -0.2) is 0 Å². The Balaban J connectivity index is 1.75. The van der Waals surface area contributed by atoms with Crippen LogP contribution in [-0.2, 0) is 0 Å². The molecule has 1 aromatic heterocycles. The van der Waals surface area contributed by atoms with E-state index in [2.05, 4.69) is 28.8 Å². The summed E-state index contributed by atoms with van der Waals surface area (Å²) in [5, 5.41) is 32.6. The van der Waals surface area contributed by atoms with Gasteiger partial charge < -0.3 is 14.6 Å². The van der Waals surface area contributed by atoms with Crippen molar-refractivity contribution in [3.8, 4) is 16.8 Å². The molecule has 0 radical (unpaired) electrons. The molecule has 0 aliphatic carbocycles. The summed E-state index contributed by atoms with van der Waals surface area (Å²) in [6.45, 7) is 0. The number of rotatable bonds is 4. The minimum Gasteiger partial charge on any atom is -0.423 e. The fraction of sp³-hybridized carbons (Fsp3) is 0. The van der Waals surface area contributed by atoms with Crippen molar-refractivity contribution < 1.29 is 15.0 Å². The molecule has 6 nitrogen and oxygen atoms in total. The molecule has 0 spiro atoms.